The van der Waals surface area contributed by atoms with E-state index in [1.54, 1.807) is 0 Å². The zero-order valence-electron chi connectivity index (χ0n) is 37.1. The zero-order chi connectivity index (χ0) is 43.8. The monoisotopic (exact) mass is 1210 g/mol. The van der Waals surface area contributed by atoms with E-state index in [4.69, 9.17) is 0 Å². The molecular formula is C60H46N4Pt2-6. The molecule has 0 saturated carbocycles. The summed E-state index contributed by atoms with van der Waals surface area (Å²) >= 11 is 0. The molecule has 0 spiro atoms. The summed E-state index contributed by atoms with van der Waals surface area (Å²) in [4.78, 5) is 18.3. The fourth-order valence-electron chi connectivity index (χ4n) is 7.86. The molecule has 12 aromatic rings. The van der Waals surface area contributed by atoms with Crippen LogP contribution in [-0.2, 0) is 42.1 Å². The van der Waals surface area contributed by atoms with Crippen LogP contribution in [0, 0.1) is 24.3 Å². The Morgan fingerprint density at radius 3 is 1.17 bits per heavy atom. The van der Waals surface area contributed by atoms with Gasteiger partial charge in [-0.25, -0.2) is 0 Å². The molecule has 0 aliphatic carbocycles. The van der Waals surface area contributed by atoms with Crippen LogP contribution in [0.3, 0.4) is 0 Å². The van der Waals surface area contributed by atoms with Crippen molar-refractivity contribution in [2.45, 2.75) is 39.5 Å². The molecule has 0 atom stereocenters. The van der Waals surface area contributed by atoms with E-state index in [1.165, 1.54) is 32.7 Å². The Hall–Kier alpha value is -6.44. The molecule has 0 fully saturated rings. The van der Waals surface area contributed by atoms with Gasteiger partial charge in [-0.05, 0) is 44.4 Å². The van der Waals surface area contributed by atoms with Crippen molar-refractivity contribution in [3.8, 4) is 22.3 Å². The topological polar surface area (TPSA) is 54.0 Å². The Labute approximate surface area is 416 Å². The largest absolute Gasteiger partial charge is 0.439 e. The Kier molecular flexibility index (Phi) is 16.0. The van der Waals surface area contributed by atoms with E-state index in [0.717, 1.165) is 66.4 Å². The van der Waals surface area contributed by atoms with Crippen molar-refractivity contribution >= 4 is 65.4 Å². The molecule has 12 rings (SSSR count). The van der Waals surface area contributed by atoms with E-state index >= 15 is 0 Å². The summed E-state index contributed by atoms with van der Waals surface area (Å²) in [6.07, 6.45) is 0. The van der Waals surface area contributed by atoms with Gasteiger partial charge in [0.15, 0.2) is 0 Å². The van der Waals surface area contributed by atoms with Crippen LogP contribution in [0.25, 0.3) is 87.7 Å². The number of rotatable bonds is 4. The van der Waals surface area contributed by atoms with E-state index in [0.29, 0.717) is 11.8 Å². The molecule has 4 nitrogen and oxygen atoms in total. The van der Waals surface area contributed by atoms with Gasteiger partial charge in [-0.15, -0.1) is 153 Å². The number of para-hydroxylation sites is 2. The van der Waals surface area contributed by atoms with Crippen molar-refractivity contribution < 1.29 is 42.1 Å². The number of hydrogen-bond donors (Lipinski definition) is 0. The van der Waals surface area contributed by atoms with Crippen molar-refractivity contribution in [3.05, 3.63) is 230 Å². The van der Waals surface area contributed by atoms with Crippen LogP contribution in [0.15, 0.2) is 194 Å². The smallest absolute Gasteiger partial charge is 0 e. The van der Waals surface area contributed by atoms with Crippen LogP contribution >= 0.6 is 0 Å². The van der Waals surface area contributed by atoms with Gasteiger partial charge in [-0.2, -0.15) is 0 Å². The standard InChI is InChI=1S/2C16H10.2C14H13N2.2Pt/c2*1-2-7-13(8-3-1)16-12-6-10-14-9-4-5-11-15(14)16;2*1-9(2)12-8-7-11-10-5-3-4-6-13(10)16-14(11)15-12;;/h2*1-7,9-10,12H;2*3-9H,1-2H3;;/q2*-2;2*-1;;. The third-order valence-corrected chi connectivity index (χ3v) is 11.2. The number of aromatic nitrogens is 4. The maximum atomic E-state index is 4.60. The van der Waals surface area contributed by atoms with Gasteiger partial charge < -0.3 is 19.9 Å². The average Bonchev–Trinajstić information content (AvgIpc) is 3.92. The molecule has 66 heavy (non-hydrogen) atoms. The average molecular weight is 1210 g/mol. The Bertz CT molecular complexity index is 3220. The van der Waals surface area contributed by atoms with Crippen molar-refractivity contribution in [2.24, 2.45) is 0 Å². The van der Waals surface area contributed by atoms with E-state index in [9.17, 15) is 0 Å². The summed E-state index contributed by atoms with van der Waals surface area (Å²) < 4.78 is 0. The molecule has 6 heteroatoms. The molecule has 0 bridgehead atoms. The second-order valence-electron chi connectivity index (χ2n) is 16.2. The van der Waals surface area contributed by atoms with Gasteiger partial charge in [0.2, 0.25) is 0 Å². The minimum Gasteiger partial charge on any atom is -0.439 e. The Morgan fingerprint density at radius 2 is 0.758 bits per heavy atom. The fraction of sp³-hybridized carbons (Fsp3) is 0.100. The predicted molar refractivity (Wildman–Crippen MR) is 267 cm³/mol. The van der Waals surface area contributed by atoms with Gasteiger partial charge in [-0.1, -0.05) is 160 Å². The number of hydrogen-bond acceptors (Lipinski definition) is 2. The molecular weight excluding hydrogens is 1170 g/mol. The first-order valence-electron chi connectivity index (χ1n) is 21.8. The molecule has 0 N–H and O–H groups in total. The van der Waals surface area contributed by atoms with Crippen molar-refractivity contribution in [3.63, 3.8) is 0 Å². The minimum absolute atomic E-state index is 0. The molecule has 4 aromatic heterocycles. The zero-order valence-corrected chi connectivity index (χ0v) is 41.6. The minimum atomic E-state index is 0. The van der Waals surface area contributed by atoms with Crippen LogP contribution in [0.2, 0.25) is 0 Å². The first-order chi connectivity index (χ1) is 31.4. The van der Waals surface area contributed by atoms with Crippen LogP contribution in [-0.4, -0.2) is 9.97 Å². The van der Waals surface area contributed by atoms with E-state index in [1.807, 2.05) is 97.1 Å². The van der Waals surface area contributed by atoms with Crippen LogP contribution < -0.4 is 9.97 Å². The molecule has 0 saturated heterocycles. The second-order valence-corrected chi connectivity index (χ2v) is 16.2. The number of fused-ring (bicyclic) bond motifs is 8. The molecule has 0 aliphatic heterocycles. The fourth-order valence-corrected chi connectivity index (χ4v) is 7.86. The number of benzene rings is 8. The molecule has 0 radical (unpaired) electrons. The van der Waals surface area contributed by atoms with Crippen molar-refractivity contribution in [2.75, 3.05) is 0 Å². The number of pyridine rings is 2. The van der Waals surface area contributed by atoms with Gasteiger partial charge in [-0.3, -0.25) is 0 Å². The van der Waals surface area contributed by atoms with Gasteiger partial charge in [0.1, 0.15) is 0 Å². The van der Waals surface area contributed by atoms with Crippen LogP contribution in [0.5, 0.6) is 0 Å². The number of nitrogens with zero attached hydrogens (tertiary/aromatic N) is 4. The normalized spacial score (nSPS) is 10.8. The van der Waals surface area contributed by atoms with E-state index in [-0.39, 0.29) is 42.1 Å². The van der Waals surface area contributed by atoms with Gasteiger partial charge in [0.05, 0.1) is 0 Å². The van der Waals surface area contributed by atoms with Gasteiger partial charge in [0, 0.05) is 42.1 Å². The Morgan fingerprint density at radius 1 is 0.364 bits per heavy atom. The summed E-state index contributed by atoms with van der Waals surface area (Å²) in [5.41, 5.74) is 10.6. The third-order valence-electron chi connectivity index (χ3n) is 11.2. The maximum absolute atomic E-state index is 4.60. The predicted octanol–water partition coefficient (Wildman–Crippen LogP) is 15.1. The summed E-state index contributed by atoms with van der Waals surface area (Å²) in [5.74, 6) is 0.897. The van der Waals surface area contributed by atoms with Crippen LogP contribution in [0.1, 0.15) is 50.9 Å². The first-order valence-corrected chi connectivity index (χ1v) is 21.8. The second kappa shape index (κ2) is 22.2. The molecule has 4 heterocycles. The molecule has 8 aromatic carbocycles. The quantitative estimate of drug-likeness (QED) is 0.165. The summed E-state index contributed by atoms with van der Waals surface area (Å²) in [6.45, 7) is 8.60. The van der Waals surface area contributed by atoms with E-state index in [2.05, 4.69) is 169 Å². The molecule has 0 unspecified atom stereocenters. The third kappa shape index (κ3) is 10.6. The molecule has 0 aliphatic rings. The molecule has 332 valence electrons. The SMILES string of the molecule is CC(C)c1ccc2c(n1)[n-]c1ccccc12.CC(C)c1ccc2c(n1)[n-]c1ccccc12.[Pt].[Pt].[c-]1ccccc1-c1cccc2ccc[c-]c12.[c-]1ccccc1-c1cccc2ccc[c-]c12. The summed E-state index contributed by atoms with van der Waals surface area (Å²) in [7, 11) is 0. The van der Waals surface area contributed by atoms with Gasteiger partial charge in [0.25, 0.3) is 0 Å². The van der Waals surface area contributed by atoms with Crippen molar-refractivity contribution in [1.82, 2.24) is 19.9 Å². The summed E-state index contributed by atoms with van der Waals surface area (Å²) in [6, 6.07) is 78.8. The first kappa shape index (κ1) is 47.5. The van der Waals surface area contributed by atoms with Crippen LogP contribution in [0.4, 0.5) is 0 Å². The Balaban J connectivity index is 0.000000130. The van der Waals surface area contributed by atoms with E-state index < -0.39 is 0 Å². The molecule has 0 amide bonds. The van der Waals surface area contributed by atoms with Crippen molar-refractivity contribution in [1.29, 1.82) is 0 Å². The maximum Gasteiger partial charge on any atom is 0 e. The summed E-state index contributed by atoms with van der Waals surface area (Å²) in [5, 5.41) is 9.45. The van der Waals surface area contributed by atoms with Gasteiger partial charge >= 0.3 is 0 Å².